The number of carbonyl (C=O) groups excluding carboxylic acids is 2. The Morgan fingerprint density at radius 2 is 1.48 bits per heavy atom. The van der Waals surface area contributed by atoms with E-state index in [0.717, 1.165) is 25.9 Å². The van der Waals surface area contributed by atoms with E-state index < -0.39 is 11.8 Å². The predicted octanol–water partition coefficient (Wildman–Crippen LogP) is 3.74. The van der Waals surface area contributed by atoms with Crippen LogP contribution in [-0.2, 0) is 4.74 Å². The highest BCUT2D eigenvalue weighted by molar-refractivity contribution is 5.99. The first-order chi connectivity index (χ1) is 15.0. The summed E-state index contributed by atoms with van der Waals surface area (Å²) in [5.41, 5.74) is 5.69. The third kappa shape index (κ3) is 7.29. The molecule has 0 aromatic heterocycles. The van der Waals surface area contributed by atoms with E-state index in [1.54, 1.807) is 48.5 Å². The maximum atomic E-state index is 12.3. The molecule has 0 radical (unpaired) electrons. The van der Waals surface area contributed by atoms with Crippen molar-refractivity contribution in [2.75, 3.05) is 19.8 Å². The molecule has 2 N–H and O–H groups in total. The van der Waals surface area contributed by atoms with E-state index in [1.165, 1.54) is 0 Å². The minimum Gasteiger partial charge on any atom is -0.494 e. The first kappa shape index (κ1) is 22.6. The molecule has 0 saturated carbocycles. The summed E-state index contributed by atoms with van der Waals surface area (Å²) in [7, 11) is 0. The fourth-order valence-electron chi connectivity index (χ4n) is 3.04. The lowest BCUT2D eigenvalue weighted by Gasteiger charge is -2.12. The summed E-state index contributed by atoms with van der Waals surface area (Å²) in [5, 5.41) is 0. The van der Waals surface area contributed by atoms with E-state index in [4.69, 9.17) is 14.2 Å². The van der Waals surface area contributed by atoms with E-state index in [-0.39, 0.29) is 6.10 Å². The normalized spacial score (nSPS) is 15.5. The standard InChI is InChI=1S/C24H30N2O5/c1-17(2)13-15-30-20-9-5-18(6-10-20)23(27)25-26-24(28)19-7-11-21(12-8-19)31-16-22-4-3-14-29-22/h5-12,17,22H,3-4,13-16H2,1-2H3,(H,25,27)(H,26,28). The first-order valence-electron chi connectivity index (χ1n) is 10.7. The molecule has 1 fully saturated rings. The fourth-order valence-corrected chi connectivity index (χ4v) is 3.04. The van der Waals surface area contributed by atoms with Crippen LogP contribution in [0.2, 0.25) is 0 Å². The molecule has 7 nitrogen and oxygen atoms in total. The highest BCUT2D eigenvalue weighted by atomic mass is 16.5. The highest BCUT2D eigenvalue weighted by Crippen LogP contribution is 2.17. The second-order valence-corrected chi connectivity index (χ2v) is 7.93. The molecule has 2 aromatic carbocycles. The molecule has 2 aromatic rings. The van der Waals surface area contributed by atoms with Crippen LogP contribution in [0.25, 0.3) is 0 Å². The van der Waals surface area contributed by atoms with Gasteiger partial charge in [-0.25, -0.2) is 0 Å². The van der Waals surface area contributed by atoms with E-state index in [2.05, 4.69) is 24.7 Å². The zero-order chi connectivity index (χ0) is 22.1. The van der Waals surface area contributed by atoms with Gasteiger partial charge in [-0.2, -0.15) is 0 Å². The minimum absolute atomic E-state index is 0.138. The maximum absolute atomic E-state index is 12.3. The Kier molecular flexibility index (Phi) is 8.29. The van der Waals surface area contributed by atoms with Crippen LogP contribution in [0.1, 0.15) is 53.8 Å². The molecule has 1 heterocycles. The molecule has 1 atom stereocenters. The van der Waals surface area contributed by atoms with E-state index in [9.17, 15) is 9.59 Å². The van der Waals surface area contributed by atoms with Gasteiger partial charge >= 0.3 is 0 Å². The molecular weight excluding hydrogens is 396 g/mol. The molecule has 31 heavy (non-hydrogen) atoms. The van der Waals surface area contributed by atoms with Gasteiger partial charge in [0.2, 0.25) is 0 Å². The average molecular weight is 427 g/mol. The molecule has 0 spiro atoms. The maximum Gasteiger partial charge on any atom is 0.269 e. The third-order valence-corrected chi connectivity index (χ3v) is 4.95. The van der Waals surface area contributed by atoms with Gasteiger partial charge in [0.25, 0.3) is 11.8 Å². The molecule has 1 aliphatic heterocycles. The Labute approximate surface area is 183 Å². The zero-order valence-corrected chi connectivity index (χ0v) is 18.1. The average Bonchev–Trinajstić information content (AvgIpc) is 3.30. The van der Waals surface area contributed by atoms with Crippen molar-refractivity contribution in [1.82, 2.24) is 10.9 Å². The minimum atomic E-state index is -0.410. The topological polar surface area (TPSA) is 85.9 Å². The Morgan fingerprint density at radius 1 is 0.935 bits per heavy atom. The second kappa shape index (κ2) is 11.4. The Bertz CT molecular complexity index is 843. The van der Waals surface area contributed by atoms with Gasteiger partial charge in [-0.05, 0) is 73.7 Å². The van der Waals surface area contributed by atoms with Gasteiger partial charge in [0, 0.05) is 17.7 Å². The number of ether oxygens (including phenoxy) is 3. The summed E-state index contributed by atoms with van der Waals surface area (Å²) in [5.74, 6) is 1.14. The van der Waals surface area contributed by atoms with Gasteiger partial charge in [0.15, 0.2) is 0 Å². The van der Waals surface area contributed by atoms with Gasteiger partial charge in [-0.15, -0.1) is 0 Å². The van der Waals surface area contributed by atoms with Crippen molar-refractivity contribution >= 4 is 11.8 Å². The number of hydrazine groups is 1. The summed E-state index contributed by atoms with van der Waals surface area (Å²) in [6.07, 6.45) is 3.18. The largest absolute Gasteiger partial charge is 0.494 e. The number of hydrogen-bond acceptors (Lipinski definition) is 5. The molecule has 0 aliphatic carbocycles. The molecule has 0 bridgehead atoms. The lowest BCUT2D eigenvalue weighted by Crippen LogP contribution is -2.41. The number of hydrogen-bond donors (Lipinski definition) is 2. The lowest BCUT2D eigenvalue weighted by atomic mass is 10.1. The fraction of sp³-hybridized carbons (Fsp3) is 0.417. The van der Waals surface area contributed by atoms with Crippen LogP contribution in [0.4, 0.5) is 0 Å². The second-order valence-electron chi connectivity index (χ2n) is 7.93. The number of benzene rings is 2. The molecule has 166 valence electrons. The van der Waals surface area contributed by atoms with Crippen LogP contribution in [0.5, 0.6) is 11.5 Å². The molecule has 1 saturated heterocycles. The Hall–Kier alpha value is -3.06. The van der Waals surface area contributed by atoms with Gasteiger partial charge in [-0.3, -0.25) is 20.4 Å². The van der Waals surface area contributed by atoms with Crippen molar-refractivity contribution in [3.63, 3.8) is 0 Å². The number of rotatable bonds is 9. The molecule has 1 unspecified atom stereocenters. The number of carbonyl (C=O) groups is 2. The summed E-state index contributed by atoms with van der Waals surface area (Å²) in [6, 6.07) is 13.6. The van der Waals surface area contributed by atoms with E-state index in [0.29, 0.717) is 41.8 Å². The van der Waals surface area contributed by atoms with Crippen LogP contribution >= 0.6 is 0 Å². The SMILES string of the molecule is CC(C)CCOc1ccc(C(=O)NNC(=O)c2ccc(OCC3CCCO3)cc2)cc1. The van der Waals surface area contributed by atoms with Crippen LogP contribution in [0, 0.1) is 5.92 Å². The van der Waals surface area contributed by atoms with Crippen molar-refractivity contribution in [3.8, 4) is 11.5 Å². The van der Waals surface area contributed by atoms with Crippen molar-refractivity contribution < 1.29 is 23.8 Å². The Morgan fingerprint density at radius 3 is 1.97 bits per heavy atom. The van der Waals surface area contributed by atoms with E-state index >= 15 is 0 Å². The van der Waals surface area contributed by atoms with E-state index in [1.807, 2.05) is 0 Å². The van der Waals surface area contributed by atoms with Crippen molar-refractivity contribution in [1.29, 1.82) is 0 Å². The highest BCUT2D eigenvalue weighted by Gasteiger charge is 2.16. The third-order valence-electron chi connectivity index (χ3n) is 4.95. The number of amides is 2. The molecule has 3 rings (SSSR count). The monoisotopic (exact) mass is 426 g/mol. The molecule has 1 aliphatic rings. The van der Waals surface area contributed by atoms with Crippen LogP contribution in [0.15, 0.2) is 48.5 Å². The summed E-state index contributed by atoms with van der Waals surface area (Å²) in [6.45, 7) is 6.20. The smallest absolute Gasteiger partial charge is 0.269 e. The Balaban J connectivity index is 1.42. The zero-order valence-electron chi connectivity index (χ0n) is 18.1. The summed E-state index contributed by atoms with van der Waals surface area (Å²) < 4.78 is 16.9. The number of nitrogens with one attached hydrogen (secondary N) is 2. The molecular formula is C24H30N2O5. The van der Waals surface area contributed by atoms with Gasteiger partial charge in [0.1, 0.15) is 18.1 Å². The summed E-state index contributed by atoms with van der Waals surface area (Å²) in [4.78, 5) is 24.5. The first-order valence-corrected chi connectivity index (χ1v) is 10.7. The lowest BCUT2D eigenvalue weighted by molar-refractivity contribution is 0.0679. The van der Waals surface area contributed by atoms with Crippen LogP contribution in [-0.4, -0.2) is 37.7 Å². The van der Waals surface area contributed by atoms with Gasteiger partial charge < -0.3 is 14.2 Å². The molecule has 2 amide bonds. The summed E-state index contributed by atoms with van der Waals surface area (Å²) >= 11 is 0. The van der Waals surface area contributed by atoms with Gasteiger partial charge in [0.05, 0.1) is 12.7 Å². The van der Waals surface area contributed by atoms with Crippen molar-refractivity contribution in [3.05, 3.63) is 59.7 Å². The van der Waals surface area contributed by atoms with Crippen LogP contribution < -0.4 is 20.3 Å². The van der Waals surface area contributed by atoms with Crippen molar-refractivity contribution in [2.24, 2.45) is 5.92 Å². The van der Waals surface area contributed by atoms with Crippen molar-refractivity contribution in [2.45, 2.75) is 39.2 Å². The predicted molar refractivity (Wildman–Crippen MR) is 117 cm³/mol. The quantitative estimate of drug-likeness (QED) is 0.597. The molecule has 7 heteroatoms. The van der Waals surface area contributed by atoms with Crippen LogP contribution in [0.3, 0.4) is 0 Å². The van der Waals surface area contributed by atoms with Gasteiger partial charge in [-0.1, -0.05) is 13.8 Å².